The van der Waals surface area contributed by atoms with E-state index in [-0.39, 0.29) is 23.8 Å². The number of anilines is 1. The lowest BCUT2D eigenvalue weighted by atomic mass is 10.0. The van der Waals surface area contributed by atoms with Gasteiger partial charge in [0.1, 0.15) is 18.3 Å². The molecule has 0 aromatic heterocycles. The predicted molar refractivity (Wildman–Crippen MR) is 176 cm³/mol. The van der Waals surface area contributed by atoms with Crippen LogP contribution in [0, 0.1) is 0 Å². The Morgan fingerprint density at radius 1 is 0.841 bits per heavy atom. The van der Waals surface area contributed by atoms with E-state index in [0.29, 0.717) is 24.6 Å². The Morgan fingerprint density at radius 3 is 2.09 bits per heavy atom. The Labute approximate surface area is 267 Å². The standard InChI is InChI=1S/C34H36BrN3O5S/c1-3-36-34(40)32(23-26-12-7-5-8-13-26)37(24-27-14-11-15-28(35)22-27)33(39)25-38(29-18-20-30(21-19-29)43-4-2)44(41,42)31-16-9-6-10-17-31/h5-22,32H,3-4,23-25H2,1-2H3,(H,36,40). The fraction of sp³-hybridized carbons (Fsp3) is 0.235. The highest BCUT2D eigenvalue weighted by molar-refractivity contribution is 9.10. The molecule has 0 heterocycles. The van der Waals surface area contributed by atoms with Crippen LogP contribution in [0.1, 0.15) is 25.0 Å². The largest absolute Gasteiger partial charge is 0.494 e. The van der Waals surface area contributed by atoms with Crippen LogP contribution in [0.25, 0.3) is 0 Å². The maximum atomic E-state index is 14.4. The van der Waals surface area contributed by atoms with Crippen LogP contribution in [0.5, 0.6) is 5.75 Å². The molecule has 10 heteroatoms. The lowest BCUT2D eigenvalue weighted by molar-refractivity contribution is -0.140. The summed E-state index contributed by atoms with van der Waals surface area (Å²) in [6.45, 7) is 4.08. The number of benzene rings is 4. The number of nitrogens with zero attached hydrogens (tertiary/aromatic N) is 2. The first-order chi connectivity index (χ1) is 21.2. The monoisotopic (exact) mass is 677 g/mol. The predicted octanol–water partition coefficient (Wildman–Crippen LogP) is 5.82. The van der Waals surface area contributed by atoms with Crippen molar-refractivity contribution in [1.29, 1.82) is 0 Å². The minimum absolute atomic E-state index is 0.0461. The maximum Gasteiger partial charge on any atom is 0.264 e. The Bertz CT molecular complexity index is 1630. The fourth-order valence-corrected chi connectivity index (χ4v) is 6.68. The molecule has 4 aromatic carbocycles. The zero-order valence-electron chi connectivity index (χ0n) is 24.7. The number of hydrogen-bond donors (Lipinski definition) is 1. The Kier molecular flexibility index (Phi) is 11.6. The third-order valence-electron chi connectivity index (χ3n) is 6.91. The first-order valence-electron chi connectivity index (χ1n) is 14.4. The van der Waals surface area contributed by atoms with Gasteiger partial charge in [-0.15, -0.1) is 0 Å². The van der Waals surface area contributed by atoms with Crippen LogP contribution in [0.3, 0.4) is 0 Å². The summed E-state index contributed by atoms with van der Waals surface area (Å²) in [6.07, 6.45) is 0.251. The smallest absolute Gasteiger partial charge is 0.264 e. The Balaban J connectivity index is 1.78. The van der Waals surface area contributed by atoms with E-state index >= 15 is 0 Å². The number of sulfonamides is 1. The normalized spacial score (nSPS) is 11.8. The number of nitrogens with one attached hydrogen (secondary N) is 1. The average Bonchev–Trinajstić information content (AvgIpc) is 3.03. The molecule has 1 unspecified atom stereocenters. The summed E-state index contributed by atoms with van der Waals surface area (Å²) in [6, 6.07) is 30.6. The van der Waals surface area contributed by atoms with Crippen LogP contribution >= 0.6 is 15.9 Å². The van der Waals surface area contributed by atoms with Gasteiger partial charge in [0.15, 0.2) is 0 Å². The van der Waals surface area contributed by atoms with Gasteiger partial charge in [0.2, 0.25) is 11.8 Å². The number of halogens is 1. The average molecular weight is 679 g/mol. The lowest BCUT2D eigenvalue weighted by Crippen LogP contribution is -2.53. The van der Waals surface area contributed by atoms with Gasteiger partial charge in [0, 0.05) is 24.0 Å². The van der Waals surface area contributed by atoms with Crippen LogP contribution in [-0.4, -0.2) is 50.9 Å². The third kappa shape index (κ3) is 8.48. The number of carbonyl (C=O) groups is 2. The van der Waals surface area contributed by atoms with Gasteiger partial charge in [0.25, 0.3) is 10.0 Å². The van der Waals surface area contributed by atoms with Crippen molar-refractivity contribution in [3.8, 4) is 5.75 Å². The number of carbonyl (C=O) groups excluding carboxylic acids is 2. The summed E-state index contributed by atoms with van der Waals surface area (Å²) < 4.78 is 35.5. The van der Waals surface area contributed by atoms with E-state index in [9.17, 15) is 18.0 Å². The molecule has 0 saturated heterocycles. The van der Waals surface area contributed by atoms with E-state index < -0.39 is 28.5 Å². The third-order valence-corrected chi connectivity index (χ3v) is 9.19. The molecule has 0 radical (unpaired) electrons. The molecule has 44 heavy (non-hydrogen) atoms. The highest BCUT2D eigenvalue weighted by atomic mass is 79.9. The minimum Gasteiger partial charge on any atom is -0.494 e. The van der Waals surface area contributed by atoms with Crippen LogP contribution in [0.4, 0.5) is 5.69 Å². The molecule has 8 nitrogen and oxygen atoms in total. The summed E-state index contributed by atoms with van der Waals surface area (Å²) in [5.41, 5.74) is 1.95. The quantitative estimate of drug-likeness (QED) is 0.182. The van der Waals surface area contributed by atoms with Crippen molar-refractivity contribution in [1.82, 2.24) is 10.2 Å². The second-order valence-electron chi connectivity index (χ2n) is 10.0. The molecule has 1 N–H and O–H groups in total. The van der Waals surface area contributed by atoms with Crippen LogP contribution in [0.2, 0.25) is 0 Å². The second-order valence-corrected chi connectivity index (χ2v) is 12.8. The van der Waals surface area contributed by atoms with E-state index in [4.69, 9.17) is 4.74 Å². The van der Waals surface area contributed by atoms with Gasteiger partial charge in [0.05, 0.1) is 17.2 Å². The van der Waals surface area contributed by atoms with Gasteiger partial charge in [-0.05, 0) is 73.5 Å². The number of hydrogen-bond acceptors (Lipinski definition) is 5. The van der Waals surface area contributed by atoms with E-state index in [1.54, 1.807) is 42.5 Å². The first kappa shape index (κ1) is 32.8. The van der Waals surface area contributed by atoms with Gasteiger partial charge in [-0.3, -0.25) is 13.9 Å². The molecular formula is C34H36BrN3O5S. The van der Waals surface area contributed by atoms with E-state index in [1.807, 2.05) is 68.4 Å². The molecule has 0 aliphatic rings. The van der Waals surface area contributed by atoms with E-state index in [1.165, 1.54) is 17.0 Å². The maximum absolute atomic E-state index is 14.4. The molecule has 0 aliphatic heterocycles. The topological polar surface area (TPSA) is 96.0 Å². The lowest BCUT2D eigenvalue weighted by Gasteiger charge is -2.34. The van der Waals surface area contributed by atoms with Crippen molar-refractivity contribution in [3.05, 3.63) is 125 Å². The van der Waals surface area contributed by atoms with Gasteiger partial charge >= 0.3 is 0 Å². The van der Waals surface area contributed by atoms with Crippen molar-refractivity contribution in [2.45, 2.75) is 37.8 Å². The highest BCUT2D eigenvalue weighted by Crippen LogP contribution is 2.27. The van der Waals surface area contributed by atoms with Crippen molar-refractivity contribution in [2.24, 2.45) is 0 Å². The summed E-state index contributed by atoms with van der Waals surface area (Å²) in [5, 5.41) is 2.87. The first-order valence-corrected chi connectivity index (χ1v) is 16.6. The van der Waals surface area contributed by atoms with Gasteiger partial charge in [-0.1, -0.05) is 76.6 Å². The summed E-state index contributed by atoms with van der Waals surface area (Å²) in [7, 11) is -4.17. The number of amides is 2. The van der Waals surface area contributed by atoms with Crippen molar-refractivity contribution in [2.75, 3.05) is 24.0 Å². The molecule has 0 saturated carbocycles. The van der Waals surface area contributed by atoms with E-state index in [2.05, 4.69) is 21.2 Å². The van der Waals surface area contributed by atoms with Gasteiger partial charge < -0.3 is 15.0 Å². The molecule has 0 spiro atoms. The Hall–Kier alpha value is -4.15. The summed E-state index contributed by atoms with van der Waals surface area (Å²) >= 11 is 3.49. The van der Waals surface area contributed by atoms with Crippen molar-refractivity contribution in [3.63, 3.8) is 0 Å². The zero-order valence-corrected chi connectivity index (χ0v) is 27.1. The number of ether oxygens (including phenoxy) is 1. The van der Waals surface area contributed by atoms with Gasteiger partial charge in [-0.2, -0.15) is 0 Å². The Morgan fingerprint density at radius 2 is 1.48 bits per heavy atom. The van der Waals surface area contributed by atoms with Crippen molar-refractivity contribution < 1.29 is 22.7 Å². The molecular weight excluding hydrogens is 642 g/mol. The number of likely N-dealkylation sites (N-methyl/N-ethyl adjacent to an activating group) is 1. The summed E-state index contributed by atoms with van der Waals surface area (Å²) in [4.78, 5) is 29.5. The molecule has 0 bridgehead atoms. The molecule has 1 atom stereocenters. The molecule has 4 aromatic rings. The van der Waals surface area contributed by atoms with Crippen LogP contribution < -0.4 is 14.4 Å². The molecule has 0 fully saturated rings. The van der Waals surface area contributed by atoms with Crippen LogP contribution in [-0.2, 0) is 32.6 Å². The highest BCUT2D eigenvalue weighted by Gasteiger charge is 2.34. The van der Waals surface area contributed by atoms with E-state index in [0.717, 1.165) is 19.9 Å². The number of rotatable bonds is 14. The van der Waals surface area contributed by atoms with Crippen molar-refractivity contribution >= 4 is 43.5 Å². The molecule has 230 valence electrons. The second kappa shape index (κ2) is 15.5. The fourth-order valence-electron chi connectivity index (χ4n) is 4.80. The zero-order chi connectivity index (χ0) is 31.5. The van der Waals surface area contributed by atoms with Crippen LogP contribution in [0.15, 0.2) is 119 Å². The molecule has 0 aliphatic carbocycles. The molecule has 4 rings (SSSR count). The molecule has 2 amide bonds. The SMILES string of the molecule is CCNC(=O)C(Cc1ccccc1)N(Cc1cccc(Br)c1)C(=O)CN(c1ccc(OCC)cc1)S(=O)(=O)c1ccccc1. The van der Waals surface area contributed by atoms with Gasteiger partial charge in [-0.25, -0.2) is 8.42 Å². The minimum atomic E-state index is -4.17. The summed E-state index contributed by atoms with van der Waals surface area (Å²) in [5.74, 6) is -0.265.